The van der Waals surface area contributed by atoms with E-state index in [1.807, 2.05) is 91.0 Å². The van der Waals surface area contributed by atoms with Crippen LogP contribution in [0.5, 0.6) is 0 Å². The molecule has 3 aromatic carbocycles. The van der Waals surface area contributed by atoms with E-state index in [4.69, 9.17) is 9.47 Å². The van der Waals surface area contributed by atoms with Crippen LogP contribution in [-0.2, 0) is 19.9 Å². The maximum Gasteiger partial charge on any atom is 0.337 e. The predicted molar refractivity (Wildman–Crippen MR) is 108 cm³/mol. The second-order valence-electron chi connectivity index (χ2n) is 6.36. The molecule has 0 bridgehead atoms. The molecule has 1 N–H and O–H groups in total. The summed E-state index contributed by atoms with van der Waals surface area (Å²) in [5.41, 5.74) is 1.74. The second kappa shape index (κ2) is 9.31. The Morgan fingerprint density at radius 3 is 1.57 bits per heavy atom. The summed E-state index contributed by atoms with van der Waals surface area (Å²) in [4.78, 5) is 11.9. The van der Waals surface area contributed by atoms with Crippen molar-refractivity contribution < 1.29 is 19.4 Å². The normalized spacial score (nSPS) is 12.4. The lowest BCUT2D eigenvalue weighted by molar-refractivity contribution is -0.158. The van der Waals surface area contributed by atoms with Gasteiger partial charge in [0.1, 0.15) is 5.60 Å². The maximum absolute atomic E-state index is 11.9. The Labute approximate surface area is 165 Å². The molecule has 0 aliphatic rings. The first-order chi connectivity index (χ1) is 13.7. The van der Waals surface area contributed by atoms with Gasteiger partial charge in [-0.2, -0.15) is 0 Å². The Kier molecular flexibility index (Phi) is 6.58. The average Bonchev–Trinajstić information content (AvgIpc) is 2.76. The van der Waals surface area contributed by atoms with Gasteiger partial charge >= 0.3 is 5.97 Å². The number of aliphatic hydroxyl groups excluding tert-OH is 1. The number of benzene rings is 3. The topological polar surface area (TPSA) is 55.8 Å². The lowest BCUT2D eigenvalue weighted by atomic mass is 9.80. The molecule has 0 radical (unpaired) electrons. The standard InChI is InChI=1S/C24H24O4/c1-2-27-23(26)22(25)18-28-24(19-12-6-3-7-13-19,20-14-8-4-9-15-20)21-16-10-5-11-17-21/h3-17,22,25H,2,18H2,1H3. The van der Waals surface area contributed by atoms with Crippen molar-refractivity contribution in [2.75, 3.05) is 13.2 Å². The summed E-state index contributed by atoms with van der Waals surface area (Å²) in [5.74, 6) is -0.689. The Hall–Kier alpha value is -2.95. The molecule has 3 rings (SSSR count). The molecule has 4 heteroatoms. The third-order valence-corrected chi connectivity index (χ3v) is 4.56. The molecule has 0 heterocycles. The fourth-order valence-corrected chi connectivity index (χ4v) is 3.28. The minimum Gasteiger partial charge on any atom is -0.464 e. The lowest BCUT2D eigenvalue weighted by Gasteiger charge is -2.36. The molecule has 0 amide bonds. The van der Waals surface area contributed by atoms with Gasteiger partial charge < -0.3 is 14.6 Å². The van der Waals surface area contributed by atoms with Crippen LogP contribution in [0.15, 0.2) is 91.0 Å². The van der Waals surface area contributed by atoms with E-state index >= 15 is 0 Å². The zero-order valence-electron chi connectivity index (χ0n) is 15.8. The van der Waals surface area contributed by atoms with Gasteiger partial charge in [0.15, 0.2) is 6.10 Å². The minimum atomic E-state index is -1.37. The zero-order chi connectivity index (χ0) is 19.8. The minimum absolute atomic E-state index is 0.197. The highest BCUT2D eigenvalue weighted by molar-refractivity contribution is 5.74. The average molecular weight is 376 g/mol. The molecule has 28 heavy (non-hydrogen) atoms. The number of esters is 1. The van der Waals surface area contributed by atoms with Gasteiger partial charge in [-0.05, 0) is 23.6 Å². The third-order valence-electron chi connectivity index (χ3n) is 4.56. The molecule has 0 aliphatic carbocycles. The van der Waals surface area contributed by atoms with Crippen LogP contribution in [0, 0.1) is 0 Å². The Morgan fingerprint density at radius 1 is 0.821 bits per heavy atom. The monoisotopic (exact) mass is 376 g/mol. The molecular weight excluding hydrogens is 352 g/mol. The van der Waals surface area contributed by atoms with Crippen LogP contribution in [-0.4, -0.2) is 30.4 Å². The van der Waals surface area contributed by atoms with E-state index in [0.29, 0.717) is 0 Å². The number of carbonyl (C=O) groups is 1. The van der Waals surface area contributed by atoms with Crippen molar-refractivity contribution in [1.29, 1.82) is 0 Å². The molecule has 0 saturated carbocycles. The smallest absolute Gasteiger partial charge is 0.337 e. The van der Waals surface area contributed by atoms with Gasteiger partial charge in [-0.15, -0.1) is 0 Å². The summed E-state index contributed by atoms with van der Waals surface area (Å²) >= 11 is 0. The van der Waals surface area contributed by atoms with Gasteiger partial charge in [-0.3, -0.25) is 0 Å². The van der Waals surface area contributed by atoms with Crippen LogP contribution in [0.1, 0.15) is 23.6 Å². The van der Waals surface area contributed by atoms with Crippen LogP contribution in [0.2, 0.25) is 0 Å². The number of hydrogen-bond acceptors (Lipinski definition) is 4. The van der Waals surface area contributed by atoms with Gasteiger partial charge in [0.2, 0.25) is 0 Å². The molecule has 1 unspecified atom stereocenters. The molecule has 0 spiro atoms. The molecular formula is C24H24O4. The highest BCUT2D eigenvalue weighted by atomic mass is 16.6. The van der Waals surface area contributed by atoms with E-state index in [2.05, 4.69) is 0 Å². The van der Waals surface area contributed by atoms with Crippen LogP contribution in [0.3, 0.4) is 0 Å². The zero-order valence-corrected chi connectivity index (χ0v) is 15.8. The van der Waals surface area contributed by atoms with Crippen molar-refractivity contribution in [3.8, 4) is 0 Å². The quantitative estimate of drug-likeness (QED) is 0.478. The van der Waals surface area contributed by atoms with Crippen molar-refractivity contribution in [3.05, 3.63) is 108 Å². The van der Waals surface area contributed by atoms with Gasteiger partial charge in [-0.25, -0.2) is 4.79 Å². The molecule has 0 aromatic heterocycles. The number of ether oxygens (including phenoxy) is 2. The van der Waals surface area contributed by atoms with E-state index in [0.717, 1.165) is 16.7 Å². The van der Waals surface area contributed by atoms with Crippen LogP contribution in [0.4, 0.5) is 0 Å². The summed E-state index contributed by atoms with van der Waals surface area (Å²) in [6, 6.07) is 29.4. The first kappa shape index (κ1) is 19.8. The van der Waals surface area contributed by atoms with Crippen LogP contribution >= 0.6 is 0 Å². The summed E-state index contributed by atoms with van der Waals surface area (Å²) in [5, 5.41) is 10.3. The molecule has 0 fully saturated rings. The van der Waals surface area contributed by atoms with Crippen molar-refractivity contribution in [2.24, 2.45) is 0 Å². The van der Waals surface area contributed by atoms with Gasteiger partial charge in [0.05, 0.1) is 13.2 Å². The SMILES string of the molecule is CCOC(=O)C(O)COC(c1ccccc1)(c1ccccc1)c1ccccc1. The molecule has 0 saturated heterocycles. The fourth-order valence-electron chi connectivity index (χ4n) is 3.28. The predicted octanol–water partition coefficient (Wildman–Crippen LogP) is 3.92. The van der Waals surface area contributed by atoms with Crippen LogP contribution < -0.4 is 0 Å². The van der Waals surface area contributed by atoms with Crippen molar-refractivity contribution >= 4 is 5.97 Å². The Morgan fingerprint density at radius 2 is 1.21 bits per heavy atom. The van der Waals surface area contributed by atoms with Crippen LogP contribution in [0.25, 0.3) is 0 Å². The van der Waals surface area contributed by atoms with E-state index in [9.17, 15) is 9.90 Å². The summed E-state index contributed by atoms with van der Waals surface area (Å²) in [6.45, 7) is 1.71. The fraction of sp³-hybridized carbons (Fsp3) is 0.208. The molecule has 0 aliphatic heterocycles. The van der Waals surface area contributed by atoms with E-state index < -0.39 is 17.7 Å². The molecule has 1 atom stereocenters. The van der Waals surface area contributed by atoms with Crippen molar-refractivity contribution in [2.45, 2.75) is 18.6 Å². The highest BCUT2D eigenvalue weighted by Gasteiger charge is 2.38. The molecule has 144 valence electrons. The number of hydrogen-bond donors (Lipinski definition) is 1. The lowest BCUT2D eigenvalue weighted by Crippen LogP contribution is -2.38. The second-order valence-corrected chi connectivity index (χ2v) is 6.36. The third kappa shape index (κ3) is 4.14. The summed E-state index contributed by atoms with van der Waals surface area (Å²) in [6.07, 6.45) is -1.37. The maximum atomic E-state index is 11.9. The van der Waals surface area contributed by atoms with E-state index in [-0.39, 0.29) is 13.2 Å². The van der Waals surface area contributed by atoms with E-state index in [1.54, 1.807) is 6.92 Å². The number of carbonyl (C=O) groups excluding carboxylic acids is 1. The Bertz CT molecular complexity index is 766. The van der Waals surface area contributed by atoms with E-state index in [1.165, 1.54) is 0 Å². The van der Waals surface area contributed by atoms with Gasteiger partial charge in [0, 0.05) is 0 Å². The highest BCUT2D eigenvalue weighted by Crippen LogP contribution is 2.40. The Balaban J connectivity index is 2.10. The first-order valence-electron chi connectivity index (χ1n) is 9.33. The molecule has 4 nitrogen and oxygen atoms in total. The van der Waals surface area contributed by atoms with Crippen molar-refractivity contribution in [3.63, 3.8) is 0 Å². The molecule has 3 aromatic rings. The number of aliphatic hydroxyl groups is 1. The number of rotatable bonds is 8. The van der Waals surface area contributed by atoms with Gasteiger partial charge in [0.25, 0.3) is 0 Å². The summed E-state index contributed by atoms with van der Waals surface area (Å²) < 4.78 is 11.3. The first-order valence-corrected chi connectivity index (χ1v) is 9.33. The van der Waals surface area contributed by atoms with Gasteiger partial charge in [-0.1, -0.05) is 91.0 Å². The summed E-state index contributed by atoms with van der Waals surface area (Å²) in [7, 11) is 0. The largest absolute Gasteiger partial charge is 0.464 e. The van der Waals surface area contributed by atoms with Crippen molar-refractivity contribution in [1.82, 2.24) is 0 Å².